The number of benzene rings is 2. The normalized spacial score (nSPS) is 10.5. The molecule has 2 aromatic rings. The summed E-state index contributed by atoms with van der Waals surface area (Å²) in [6.07, 6.45) is -2.69. The smallest absolute Gasteiger partial charge is 0.264 e. The number of hydrogen-bond acceptors (Lipinski definition) is 1. The summed E-state index contributed by atoms with van der Waals surface area (Å²) in [5.74, 6) is -0.556. The van der Waals surface area contributed by atoms with E-state index < -0.39 is 12.3 Å². The summed E-state index contributed by atoms with van der Waals surface area (Å²) in [7, 11) is 0. The number of carbonyl (C=O) groups is 1. The highest BCUT2D eigenvalue weighted by atomic mass is 19.3. The maximum Gasteiger partial charge on any atom is 0.264 e. The third-order valence-electron chi connectivity index (χ3n) is 3.08. The number of halogens is 2. The van der Waals surface area contributed by atoms with Crippen LogP contribution in [0.3, 0.4) is 0 Å². The van der Waals surface area contributed by atoms with Gasteiger partial charge in [0.15, 0.2) is 0 Å². The SMILES string of the molecule is C=C(C)c1ccccc1NC(=O)c1ccccc1C(F)F. The zero-order valence-corrected chi connectivity index (χ0v) is 11.6. The molecule has 21 heavy (non-hydrogen) atoms. The Labute approximate surface area is 122 Å². The predicted molar refractivity (Wildman–Crippen MR) is 80.5 cm³/mol. The van der Waals surface area contributed by atoms with E-state index in [1.807, 2.05) is 19.1 Å². The molecule has 0 spiro atoms. The van der Waals surface area contributed by atoms with Gasteiger partial charge < -0.3 is 5.32 Å². The van der Waals surface area contributed by atoms with Crippen LogP contribution in [0.1, 0.15) is 34.8 Å². The molecule has 0 aliphatic rings. The van der Waals surface area contributed by atoms with E-state index in [-0.39, 0.29) is 11.1 Å². The van der Waals surface area contributed by atoms with Crippen LogP contribution < -0.4 is 5.32 Å². The monoisotopic (exact) mass is 287 g/mol. The second-order valence-corrected chi connectivity index (χ2v) is 4.67. The molecule has 0 radical (unpaired) electrons. The highest BCUT2D eigenvalue weighted by Gasteiger charge is 2.18. The van der Waals surface area contributed by atoms with Crippen LogP contribution in [-0.2, 0) is 0 Å². The maximum atomic E-state index is 12.9. The average Bonchev–Trinajstić information content (AvgIpc) is 2.47. The Hall–Kier alpha value is -2.49. The largest absolute Gasteiger partial charge is 0.321 e. The molecule has 108 valence electrons. The van der Waals surface area contributed by atoms with Gasteiger partial charge in [-0.05, 0) is 24.6 Å². The lowest BCUT2D eigenvalue weighted by atomic mass is 10.0. The number of allylic oxidation sites excluding steroid dienone is 1. The van der Waals surface area contributed by atoms with Crippen molar-refractivity contribution in [3.63, 3.8) is 0 Å². The quantitative estimate of drug-likeness (QED) is 0.850. The second-order valence-electron chi connectivity index (χ2n) is 4.67. The van der Waals surface area contributed by atoms with Gasteiger partial charge >= 0.3 is 0 Å². The first-order chi connectivity index (χ1) is 10.0. The lowest BCUT2D eigenvalue weighted by molar-refractivity contribution is 0.101. The summed E-state index contributed by atoms with van der Waals surface area (Å²) < 4.78 is 25.9. The molecule has 1 N–H and O–H groups in total. The molecule has 0 unspecified atom stereocenters. The van der Waals surface area contributed by atoms with Gasteiger partial charge in [-0.25, -0.2) is 8.78 Å². The number of alkyl halides is 2. The number of para-hydroxylation sites is 1. The predicted octanol–water partition coefficient (Wildman–Crippen LogP) is 4.91. The molecule has 0 saturated carbocycles. The molecule has 0 aliphatic carbocycles. The first-order valence-electron chi connectivity index (χ1n) is 6.44. The summed E-state index contributed by atoms with van der Waals surface area (Å²) in [5, 5.41) is 2.67. The van der Waals surface area contributed by atoms with Gasteiger partial charge in [-0.3, -0.25) is 4.79 Å². The van der Waals surface area contributed by atoms with E-state index in [4.69, 9.17) is 0 Å². The third-order valence-corrected chi connectivity index (χ3v) is 3.08. The van der Waals surface area contributed by atoms with Crippen molar-refractivity contribution in [1.82, 2.24) is 0 Å². The van der Waals surface area contributed by atoms with Gasteiger partial charge in [0.25, 0.3) is 12.3 Å². The highest BCUT2D eigenvalue weighted by molar-refractivity contribution is 6.06. The minimum atomic E-state index is -2.69. The fourth-order valence-electron chi connectivity index (χ4n) is 2.05. The van der Waals surface area contributed by atoms with Gasteiger partial charge in [-0.15, -0.1) is 0 Å². The van der Waals surface area contributed by atoms with Crippen molar-refractivity contribution in [3.05, 3.63) is 71.8 Å². The third kappa shape index (κ3) is 3.34. The first kappa shape index (κ1) is 14.9. The van der Waals surface area contributed by atoms with Gasteiger partial charge in [0.05, 0.1) is 0 Å². The summed E-state index contributed by atoms with van der Waals surface area (Å²) in [6, 6.07) is 12.8. The van der Waals surface area contributed by atoms with Crippen molar-refractivity contribution in [1.29, 1.82) is 0 Å². The summed E-state index contributed by atoms with van der Waals surface area (Å²) in [4.78, 5) is 12.2. The lowest BCUT2D eigenvalue weighted by Crippen LogP contribution is -2.15. The molecule has 2 aromatic carbocycles. The Morgan fingerprint density at radius 3 is 2.24 bits per heavy atom. The van der Waals surface area contributed by atoms with Crippen LogP contribution in [0.2, 0.25) is 0 Å². The molecule has 0 bridgehead atoms. The average molecular weight is 287 g/mol. The Kier molecular flexibility index (Phi) is 4.48. The van der Waals surface area contributed by atoms with Crippen LogP contribution in [0.15, 0.2) is 55.1 Å². The van der Waals surface area contributed by atoms with E-state index in [1.54, 1.807) is 18.2 Å². The van der Waals surface area contributed by atoms with E-state index in [9.17, 15) is 13.6 Å². The van der Waals surface area contributed by atoms with Crippen molar-refractivity contribution in [2.24, 2.45) is 0 Å². The molecular weight excluding hydrogens is 272 g/mol. The Bertz CT molecular complexity index is 680. The number of carbonyl (C=O) groups excluding carboxylic acids is 1. The second kappa shape index (κ2) is 6.31. The maximum absolute atomic E-state index is 12.9. The van der Waals surface area contributed by atoms with Crippen LogP contribution in [0.5, 0.6) is 0 Å². The standard InChI is InChI=1S/C17H15F2NO/c1-11(2)12-7-5-6-10-15(12)20-17(21)14-9-4-3-8-13(14)16(18)19/h3-10,16H,1H2,2H3,(H,20,21). The van der Waals surface area contributed by atoms with Crippen LogP contribution in [0, 0.1) is 0 Å². The van der Waals surface area contributed by atoms with Crippen LogP contribution >= 0.6 is 0 Å². The van der Waals surface area contributed by atoms with Crippen LogP contribution in [0.4, 0.5) is 14.5 Å². The molecule has 0 heterocycles. The van der Waals surface area contributed by atoms with Crippen molar-refractivity contribution in [2.75, 3.05) is 5.32 Å². The van der Waals surface area contributed by atoms with Crippen molar-refractivity contribution >= 4 is 17.2 Å². The minimum Gasteiger partial charge on any atom is -0.321 e. The molecule has 4 heteroatoms. The van der Waals surface area contributed by atoms with Crippen LogP contribution in [-0.4, -0.2) is 5.91 Å². The Morgan fingerprint density at radius 2 is 1.62 bits per heavy atom. The van der Waals surface area contributed by atoms with Gasteiger partial charge in [0.2, 0.25) is 0 Å². The van der Waals surface area contributed by atoms with E-state index >= 15 is 0 Å². The van der Waals surface area contributed by atoms with E-state index in [2.05, 4.69) is 11.9 Å². The van der Waals surface area contributed by atoms with Crippen molar-refractivity contribution in [2.45, 2.75) is 13.3 Å². The molecule has 2 nitrogen and oxygen atoms in total. The van der Waals surface area contributed by atoms with Gasteiger partial charge in [0.1, 0.15) is 0 Å². The van der Waals surface area contributed by atoms with E-state index in [0.717, 1.165) is 11.1 Å². The summed E-state index contributed by atoms with van der Waals surface area (Å²) >= 11 is 0. The fourth-order valence-corrected chi connectivity index (χ4v) is 2.05. The molecular formula is C17H15F2NO. The number of anilines is 1. The van der Waals surface area contributed by atoms with Gasteiger partial charge in [-0.2, -0.15) is 0 Å². The van der Waals surface area contributed by atoms with Crippen molar-refractivity contribution < 1.29 is 13.6 Å². The van der Waals surface area contributed by atoms with E-state index in [1.165, 1.54) is 18.2 Å². The summed E-state index contributed by atoms with van der Waals surface area (Å²) in [6.45, 7) is 5.66. The van der Waals surface area contributed by atoms with Crippen LogP contribution in [0.25, 0.3) is 5.57 Å². The van der Waals surface area contributed by atoms with Gasteiger partial charge in [0, 0.05) is 22.4 Å². The van der Waals surface area contributed by atoms with Crippen molar-refractivity contribution in [3.8, 4) is 0 Å². The minimum absolute atomic E-state index is 0.0241. The molecule has 1 amide bonds. The molecule has 0 aromatic heterocycles. The zero-order chi connectivity index (χ0) is 15.4. The summed E-state index contributed by atoms with van der Waals surface area (Å²) in [5.41, 5.74) is 1.82. The Morgan fingerprint density at radius 1 is 1.05 bits per heavy atom. The lowest BCUT2D eigenvalue weighted by Gasteiger charge is -2.13. The first-order valence-corrected chi connectivity index (χ1v) is 6.44. The van der Waals surface area contributed by atoms with Gasteiger partial charge in [-0.1, -0.05) is 43.0 Å². The molecule has 0 saturated heterocycles. The molecule has 0 aliphatic heterocycles. The number of amides is 1. The van der Waals surface area contributed by atoms with E-state index in [0.29, 0.717) is 5.69 Å². The number of nitrogens with one attached hydrogen (secondary N) is 1. The highest BCUT2D eigenvalue weighted by Crippen LogP contribution is 2.26. The molecule has 0 atom stereocenters. The molecule has 2 rings (SSSR count). The zero-order valence-electron chi connectivity index (χ0n) is 11.6. The molecule has 0 fully saturated rings. The number of hydrogen-bond donors (Lipinski definition) is 1. The fraction of sp³-hybridized carbons (Fsp3) is 0.118. The topological polar surface area (TPSA) is 29.1 Å². The Balaban J connectivity index is 2.33. The number of rotatable bonds is 4.